The van der Waals surface area contributed by atoms with Crippen molar-refractivity contribution in [3.63, 3.8) is 0 Å². The van der Waals surface area contributed by atoms with Crippen molar-refractivity contribution < 1.29 is 8.73 Å². The Labute approximate surface area is 43.4 Å². The van der Waals surface area contributed by atoms with Crippen molar-refractivity contribution in [1.29, 1.82) is 0 Å². The molecule has 6 spiro atoms. The lowest BCUT2D eigenvalue weighted by Gasteiger charge is -2.20. The maximum absolute atomic E-state index is 3.51. The first-order chi connectivity index (χ1) is 3.98. The molecule has 3 saturated heterocycles. The Morgan fingerprint density at radius 1 is 0.750 bits per heavy atom. The number of hydrogen-bond acceptors (Lipinski definition) is 0. The lowest BCUT2D eigenvalue weighted by Crippen LogP contribution is -2.45. The van der Waals surface area contributed by atoms with Crippen LogP contribution in [-0.2, 0) is 8.73 Å². The second-order valence-corrected chi connectivity index (χ2v) is 4.71. The first-order valence-corrected chi connectivity index (χ1v) is 3.47. The molecule has 0 atom stereocenters. The summed E-state index contributed by atoms with van der Waals surface area (Å²) in [5, 5.41) is 0. The summed E-state index contributed by atoms with van der Waals surface area (Å²) < 4.78 is 7.01. The molecule has 2 nitrogen and oxygen atoms in total. The van der Waals surface area contributed by atoms with Gasteiger partial charge in [0.1, 0.15) is 0 Å². The minimum absolute atomic E-state index is 0.708. The minimum Gasteiger partial charge on any atom is -0.253 e. The van der Waals surface area contributed by atoms with Crippen molar-refractivity contribution >= 4 is 0 Å². The molecule has 34 valence electrons. The van der Waals surface area contributed by atoms with Gasteiger partial charge in [-0.25, -0.2) is 0 Å². The molecule has 7 fully saturated rings. The summed E-state index contributed by atoms with van der Waals surface area (Å²) in [5.74, 6) is 1.42. The molecule has 0 aromatic carbocycles. The molecule has 0 amide bonds. The van der Waals surface area contributed by atoms with Crippen LogP contribution in [0.1, 0.15) is 0 Å². The van der Waals surface area contributed by atoms with Crippen LogP contribution in [0.5, 0.6) is 0 Å². The van der Waals surface area contributed by atoms with Crippen LogP contribution in [0.25, 0.3) is 0 Å². The average molecular weight is 104 g/mol. The predicted molar refractivity (Wildman–Crippen MR) is 18.0 cm³/mol. The quantitative estimate of drug-likeness (QED) is 0.276. The summed E-state index contributed by atoms with van der Waals surface area (Å²) >= 11 is 0. The molecule has 2 heteroatoms. The highest BCUT2D eigenvalue weighted by Gasteiger charge is 4.12. The third-order valence-corrected chi connectivity index (χ3v) is 6.02. The lowest BCUT2D eigenvalue weighted by atomic mass is 10.2. The van der Waals surface area contributed by atoms with Crippen molar-refractivity contribution in [2.45, 2.75) is 22.8 Å². The lowest BCUT2D eigenvalue weighted by molar-refractivity contribution is -0.479. The normalized spacial score (nSPS) is 158. The molecule has 0 bridgehead atoms. The minimum atomic E-state index is 0.708. The summed E-state index contributed by atoms with van der Waals surface area (Å²) in [4.78, 5) is 0. The van der Waals surface area contributed by atoms with Crippen molar-refractivity contribution in [3.05, 3.63) is 0 Å². The highest BCUT2D eigenvalue weighted by molar-refractivity contribution is 6.23. The standard InChI is InChI=1S/C6O2/c7-3-1-2(3)4(1)6(2,7)8(4)5(1,3)7/q+2. The van der Waals surface area contributed by atoms with E-state index in [-0.39, 0.29) is 0 Å². The SMILES string of the molecule is [O+]12C34[O+]5C16C51C35C24C615. The molecule has 0 aromatic rings. The van der Waals surface area contributed by atoms with Gasteiger partial charge in [-0.05, 0) is 0 Å². The summed E-state index contributed by atoms with van der Waals surface area (Å²) in [5.41, 5.74) is 3.74. The van der Waals surface area contributed by atoms with Gasteiger partial charge in [0.25, 0.3) is 0 Å². The van der Waals surface area contributed by atoms with Crippen molar-refractivity contribution in [1.82, 2.24) is 0 Å². The Hall–Kier alpha value is -0.0800. The Bertz CT molecular complexity index is 302. The molecule has 0 N–H and O–H groups in total. The van der Waals surface area contributed by atoms with E-state index in [9.17, 15) is 0 Å². The molecule has 0 unspecified atom stereocenters. The average Bonchev–Trinajstić information content (AvgIpc) is 2.65. The molecule has 0 radical (unpaired) electrons. The Balaban J connectivity index is 2.45. The van der Waals surface area contributed by atoms with E-state index >= 15 is 0 Å². The first kappa shape index (κ1) is 1.70. The van der Waals surface area contributed by atoms with Crippen LogP contribution in [-0.4, -0.2) is 22.8 Å². The topological polar surface area (TPSA) is 5.40 Å². The van der Waals surface area contributed by atoms with Crippen LogP contribution in [0.4, 0.5) is 0 Å². The maximum Gasteiger partial charge on any atom is 0.489 e. The fourth-order valence-electron chi connectivity index (χ4n) is 6.70. The Morgan fingerprint density at radius 2 is 1.25 bits per heavy atom. The van der Waals surface area contributed by atoms with Crippen LogP contribution < -0.4 is 0 Å². The molecule has 7 rings (SSSR count). The van der Waals surface area contributed by atoms with E-state index in [0.717, 1.165) is 22.0 Å². The van der Waals surface area contributed by atoms with Gasteiger partial charge >= 0.3 is 33.6 Å². The molecular formula is C6O2+2. The largest absolute Gasteiger partial charge is 0.489 e. The van der Waals surface area contributed by atoms with Gasteiger partial charge in [-0.2, -0.15) is 0 Å². The molecule has 7 aliphatic rings. The third kappa shape index (κ3) is 0.0130. The Morgan fingerprint density at radius 3 is 1.38 bits per heavy atom. The number of hydrogen-bond donors (Lipinski definition) is 0. The van der Waals surface area contributed by atoms with Gasteiger partial charge in [0.15, 0.2) is 0 Å². The van der Waals surface area contributed by atoms with Crippen LogP contribution in [0.15, 0.2) is 0 Å². The fraction of sp³-hybridized carbons (Fsp3) is 1.00. The zero-order chi connectivity index (χ0) is 4.15. The van der Waals surface area contributed by atoms with E-state index in [1.807, 2.05) is 0 Å². The molecule has 3 heterocycles. The van der Waals surface area contributed by atoms with Crippen LogP contribution in [0.2, 0.25) is 0 Å². The van der Waals surface area contributed by atoms with Crippen molar-refractivity contribution in [3.8, 4) is 0 Å². The Kier molecular flexibility index (Phi) is 0.0294. The van der Waals surface area contributed by atoms with Crippen molar-refractivity contribution in [2.24, 2.45) is 10.8 Å². The molecule has 4 saturated carbocycles. The van der Waals surface area contributed by atoms with Gasteiger partial charge in [0.2, 0.25) is 0 Å². The molecule has 4 aliphatic carbocycles. The number of epoxide rings is 2. The van der Waals surface area contributed by atoms with E-state index in [0.29, 0.717) is 11.6 Å². The smallest absolute Gasteiger partial charge is 0.253 e. The molecule has 8 heavy (non-hydrogen) atoms. The van der Waals surface area contributed by atoms with E-state index < -0.39 is 0 Å². The van der Waals surface area contributed by atoms with Gasteiger partial charge in [0.05, 0.1) is 0 Å². The monoisotopic (exact) mass is 104 g/mol. The number of rotatable bonds is 0. The fourth-order valence-corrected chi connectivity index (χ4v) is 6.70. The third-order valence-electron chi connectivity index (χ3n) is 6.02. The van der Waals surface area contributed by atoms with E-state index in [1.54, 1.807) is 0 Å². The van der Waals surface area contributed by atoms with Gasteiger partial charge < -0.3 is 0 Å². The van der Waals surface area contributed by atoms with Gasteiger partial charge in [-0.1, -0.05) is 0 Å². The van der Waals surface area contributed by atoms with Crippen LogP contribution >= 0.6 is 0 Å². The van der Waals surface area contributed by atoms with E-state index in [2.05, 4.69) is 8.73 Å². The van der Waals surface area contributed by atoms with E-state index in [1.165, 1.54) is 0 Å². The summed E-state index contributed by atoms with van der Waals surface area (Å²) in [6, 6.07) is 0. The summed E-state index contributed by atoms with van der Waals surface area (Å²) in [6.45, 7) is 0. The van der Waals surface area contributed by atoms with Crippen LogP contribution in [0, 0.1) is 10.8 Å². The van der Waals surface area contributed by atoms with Gasteiger partial charge in [-0.3, -0.25) is 8.73 Å². The zero-order valence-corrected chi connectivity index (χ0v) is 3.82. The highest BCUT2D eigenvalue weighted by Crippen LogP contribution is 3.68. The van der Waals surface area contributed by atoms with Gasteiger partial charge in [0, 0.05) is 0 Å². The van der Waals surface area contributed by atoms with Crippen LogP contribution in [0.3, 0.4) is 0 Å². The second-order valence-electron chi connectivity index (χ2n) is 4.71. The summed E-state index contributed by atoms with van der Waals surface area (Å²) in [7, 11) is 0. The predicted octanol–water partition coefficient (Wildman–Crippen LogP) is -0.957. The molecular weight excluding hydrogens is 104 g/mol. The maximum atomic E-state index is 3.51. The summed E-state index contributed by atoms with van der Waals surface area (Å²) in [6.07, 6.45) is 0. The second kappa shape index (κ2) is 0.138. The van der Waals surface area contributed by atoms with Crippen molar-refractivity contribution in [2.75, 3.05) is 0 Å². The molecule has 0 aromatic heterocycles. The van der Waals surface area contributed by atoms with E-state index in [4.69, 9.17) is 0 Å². The first-order valence-electron chi connectivity index (χ1n) is 3.47. The highest BCUT2D eigenvalue weighted by atomic mass is 17.4. The molecule has 3 aliphatic heterocycles. The van der Waals surface area contributed by atoms with Gasteiger partial charge in [-0.15, -0.1) is 0 Å². The zero-order valence-electron chi connectivity index (χ0n) is 3.82.